The van der Waals surface area contributed by atoms with Crippen LogP contribution in [-0.4, -0.2) is 28.2 Å². The highest BCUT2D eigenvalue weighted by Crippen LogP contribution is 2.23. The van der Waals surface area contributed by atoms with Gasteiger partial charge in [-0.1, -0.05) is 18.2 Å². The lowest BCUT2D eigenvalue weighted by molar-refractivity contribution is -0.128. The summed E-state index contributed by atoms with van der Waals surface area (Å²) in [5, 5.41) is 11.4. The van der Waals surface area contributed by atoms with Gasteiger partial charge < -0.3 is 10.0 Å². The number of aromatic hydroxyl groups is 1. The van der Waals surface area contributed by atoms with Crippen LogP contribution in [0.1, 0.15) is 4.88 Å². The van der Waals surface area contributed by atoms with E-state index in [-0.39, 0.29) is 11.7 Å². The number of nitrogens with zero attached hydrogens (tertiary/aromatic N) is 1. The first kappa shape index (κ1) is 15.7. The highest BCUT2D eigenvalue weighted by Gasteiger charge is 2.13. The summed E-state index contributed by atoms with van der Waals surface area (Å²) in [6.45, 7) is 4.86. The summed E-state index contributed by atoms with van der Waals surface area (Å²) in [4.78, 5) is 16.2. The molecule has 0 saturated carbocycles. The van der Waals surface area contributed by atoms with E-state index in [0.717, 1.165) is 9.77 Å². The topological polar surface area (TPSA) is 40.5 Å². The summed E-state index contributed by atoms with van der Waals surface area (Å²) in [6, 6.07) is 10.9. The minimum atomic E-state index is 0.0663. The Morgan fingerprint density at radius 3 is 2.90 bits per heavy atom. The van der Waals surface area contributed by atoms with Gasteiger partial charge in [0.25, 0.3) is 0 Å². The highest BCUT2D eigenvalue weighted by atomic mass is 32.2. The van der Waals surface area contributed by atoms with Crippen molar-refractivity contribution in [2.75, 3.05) is 12.3 Å². The minimum Gasteiger partial charge on any atom is -0.508 e. The number of carbonyl (C=O) groups is 1. The van der Waals surface area contributed by atoms with E-state index < -0.39 is 0 Å². The number of benzene rings is 1. The maximum Gasteiger partial charge on any atom is 0.233 e. The van der Waals surface area contributed by atoms with Gasteiger partial charge in [0.2, 0.25) is 5.91 Å². The molecule has 0 saturated heterocycles. The molecular weight excluding hydrogens is 302 g/mol. The first-order valence-electron chi connectivity index (χ1n) is 6.52. The van der Waals surface area contributed by atoms with E-state index in [1.807, 2.05) is 23.6 Å². The van der Waals surface area contributed by atoms with Crippen LogP contribution in [0.25, 0.3) is 0 Å². The van der Waals surface area contributed by atoms with Gasteiger partial charge in [-0.15, -0.1) is 29.7 Å². The average molecular weight is 319 g/mol. The molecule has 2 aromatic rings. The predicted molar refractivity (Wildman–Crippen MR) is 88.8 cm³/mol. The number of thiophene rings is 1. The Labute approximate surface area is 132 Å². The molecule has 3 nitrogen and oxygen atoms in total. The molecule has 1 aromatic carbocycles. The van der Waals surface area contributed by atoms with Crippen molar-refractivity contribution in [3.8, 4) is 5.75 Å². The quantitative estimate of drug-likeness (QED) is 0.624. The van der Waals surface area contributed by atoms with Crippen molar-refractivity contribution >= 4 is 29.0 Å². The SMILES string of the molecule is C=CCN(Cc1cccs1)C(=O)CSc1cccc(O)c1. The van der Waals surface area contributed by atoms with Crippen LogP contribution in [0.5, 0.6) is 5.75 Å². The molecule has 0 spiro atoms. The van der Waals surface area contributed by atoms with Gasteiger partial charge >= 0.3 is 0 Å². The number of phenols is 1. The molecule has 1 aromatic heterocycles. The van der Waals surface area contributed by atoms with Crippen LogP contribution in [0.4, 0.5) is 0 Å². The third kappa shape index (κ3) is 4.95. The van der Waals surface area contributed by atoms with E-state index in [1.165, 1.54) is 11.8 Å². The van der Waals surface area contributed by atoms with Crippen LogP contribution < -0.4 is 0 Å². The number of rotatable bonds is 7. The molecular formula is C16H17NO2S2. The molecule has 0 unspecified atom stereocenters. The second-order valence-electron chi connectivity index (χ2n) is 4.43. The van der Waals surface area contributed by atoms with Crippen molar-refractivity contribution in [3.05, 3.63) is 59.3 Å². The second kappa shape index (κ2) is 7.90. The Balaban J connectivity index is 1.93. The second-order valence-corrected chi connectivity index (χ2v) is 6.51. The van der Waals surface area contributed by atoms with Crippen molar-refractivity contribution in [1.29, 1.82) is 0 Å². The summed E-state index contributed by atoms with van der Waals surface area (Å²) < 4.78 is 0. The van der Waals surface area contributed by atoms with Crippen molar-refractivity contribution in [2.45, 2.75) is 11.4 Å². The molecule has 21 heavy (non-hydrogen) atoms. The van der Waals surface area contributed by atoms with Crippen LogP contribution in [-0.2, 0) is 11.3 Å². The maximum atomic E-state index is 12.3. The van der Waals surface area contributed by atoms with Crippen LogP contribution >= 0.6 is 23.1 Å². The van der Waals surface area contributed by atoms with Crippen molar-refractivity contribution in [1.82, 2.24) is 4.90 Å². The van der Waals surface area contributed by atoms with E-state index in [4.69, 9.17) is 0 Å². The van der Waals surface area contributed by atoms with Crippen LogP contribution in [0.15, 0.2) is 59.3 Å². The van der Waals surface area contributed by atoms with E-state index in [0.29, 0.717) is 18.8 Å². The molecule has 0 aliphatic carbocycles. The van der Waals surface area contributed by atoms with Crippen molar-refractivity contribution in [3.63, 3.8) is 0 Å². The van der Waals surface area contributed by atoms with Gasteiger partial charge in [0.15, 0.2) is 0 Å². The molecule has 0 aliphatic rings. The lowest BCUT2D eigenvalue weighted by atomic mass is 10.3. The van der Waals surface area contributed by atoms with Crippen LogP contribution in [0.2, 0.25) is 0 Å². The fourth-order valence-electron chi connectivity index (χ4n) is 1.81. The molecule has 1 amide bonds. The first-order valence-corrected chi connectivity index (χ1v) is 8.38. The molecule has 0 fully saturated rings. The molecule has 2 rings (SSSR count). The normalized spacial score (nSPS) is 10.3. The van der Waals surface area contributed by atoms with Gasteiger partial charge in [-0.25, -0.2) is 0 Å². The average Bonchev–Trinajstić information content (AvgIpc) is 2.97. The molecule has 110 valence electrons. The Hall–Kier alpha value is -1.72. The Morgan fingerprint density at radius 1 is 1.38 bits per heavy atom. The molecule has 1 heterocycles. The molecule has 0 radical (unpaired) electrons. The molecule has 0 aliphatic heterocycles. The van der Waals surface area contributed by atoms with Crippen LogP contribution in [0, 0.1) is 0 Å². The van der Waals surface area contributed by atoms with E-state index in [9.17, 15) is 9.90 Å². The summed E-state index contributed by atoms with van der Waals surface area (Å²) in [7, 11) is 0. The largest absolute Gasteiger partial charge is 0.508 e. The Morgan fingerprint density at radius 2 is 2.24 bits per heavy atom. The zero-order valence-corrected chi connectivity index (χ0v) is 13.2. The van der Waals surface area contributed by atoms with Crippen LogP contribution in [0.3, 0.4) is 0 Å². The summed E-state index contributed by atoms with van der Waals surface area (Å²) in [6.07, 6.45) is 1.74. The lowest BCUT2D eigenvalue weighted by Crippen LogP contribution is -2.31. The molecule has 0 bridgehead atoms. The third-order valence-corrected chi connectivity index (χ3v) is 4.65. The van der Waals surface area contributed by atoms with Crippen molar-refractivity contribution < 1.29 is 9.90 Å². The number of thioether (sulfide) groups is 1. The van der Waals surface area contributed by atoms with Gasteiger partial charge in [0.05, 0.1) is 12.3 Å². The number of carbonyl (C=O) groups excluding carboxylic acids is 1. The van der Waals surface area contributed by atoms with E-state index >= 15 is 0 Å². The van der Waals surface area contributed by atoms with Gasteiger partial charge in [0, 0.05) is 16.3 Å². The third-order valence-electron chi connectivity index (χ3n) is 2.81. The van der Waals surface area contributed by atoms with E-state index in [2.05, 4.69) is 6.58 Å². The monoisotopic (exact) mass is 319 g/mol. The van der Waals surface area contributed by atoms with Gasteiger partial charge in [-0.3, -0.25) is 4.79 Å². The summed E-state index contributed by atoms with van der Waals surface area (Å²) in [5.41, 5.74) is 0. The fraction of sp³-hybridized carbons (Fsp3) is 0.188. The zero-order chi connectivity index (χ0) is 15.1. The van der Waals surface area contributed by atoms with E-state index in [1.54, 1.807) is 40.5 Å². The standard InChI is InChI=1S/C16H17NO2S2/c1-2-8-17(11-15-7-4-9-20-15)16(19)12-21-14-6-3-5-13(18)10-14/h2-7,9-10,18H,1,8,11-12H2. The summed E-state index contributed by atoms with van der Waals surface area (Å²) in [5.74, 6) is 0.633. The Kier molecular flexibility index (Phi) is 5.90. The number of phenolic OH excluding ortho intramolecular Hbond substituents is 1. The smallest absolute Gasteiger partial charge is 0.233 e. The van der Waals surface area contributed by atoms with Gasteiger partial charge in [-0.05, 0) is 29.6 Å². The predicted octanol–water partition coefficient (Wildman–Crippen LogP) is 3.76. The number of hydrogen-bond acceptors (Lipinski definition) is 4. The first-order chi connectivity index (χ1) is 10.2. The molecule has 5 heteroatoms. The maximum absolute atomic E-state index is 12.3. The number of hydrogen-bond donors (Lipinski definition) is 1. The Bertz CT molecular complexity index is 596. The zero-order valence-electron chi connectivity index (χ0n) is 11.6. The highest BCUT2D eigenvalue weighted by molar-refractivity contribution is 8.00. The van der Waals surface area contributed by atoms with Crippen molar-refractivity contribution in [2.24, 2.45) is 0 Å². The summed E-state index contributed by atoms with van der Waals surface area (Å²) >= 11 is 3.07. The fourth-order valence-corrected chi connectivity index (χ4v) is 3.38. The minimum absolute atomic E-state index is 0.0663. The van der Waals surface area contributed by atoms with Gasteiger partial charge in [-0.2, -0.15) is 0 Å². The number of amides is 1. The lowest BCUT2D eigenvalue weighted by Gasteiger charge is -2.20. The molecule has 0 atom stereocenters. The van der Waals surface area contributed by atoms with Gasteiger partial charge in [0.1, 0.15) is 5.75 Å². The molecule has 1 N–H and O–H groups in total.